The van der Waals surface area contributed by atoms with E-state index < -0.39 is 6.03 Å². The van der Waals surface area contributed by atoms with Gasteiger partial charge < -0.3 is 4.90 Å². The minimum atomic E-state index is -0.409. The number of hydroxylamine groups is 1. The van der Waals surface area contributed by atoms with Gasteiger partial charge in [0.25, 0.3) is 0 Å². The van der Waals surface area contributed by atoms with Gasteiger partial charge in [0.15, 0.2) is 0 Å². The van der Waals surface area contributed by atoms with Crippen LogP contribution in [0.1, 0.15) is 6.92 Å². The predicted octanol–water partition coefficient (Wildman–Crippen LogP) is 0.103. The van der Waals surface area contributed by atoms with Gasteiger partial charge in [-0.15, -0.1) is 0 Å². The van der Waals surface area contributed by atoms with Crippen LogP contribution in [-0.4, -0.2) is 31.1 Å². The molecule has 0 aromatic carbocycles. The van der Waals surface area contributed by atoms with E-state index in [-0.39, 0.29) is 6.54 Å². The molecular weight excluding hydrogens is 146 g/mol. The molecule has 0 rings (SSSR count). The molecule has 0 spiro atoms. The van der Waals surface area contributed by atoms with Gasteiger partial charge in [-0.1, -0.05) is 0 Å². The minimum absolute atomic E-state index is 0.0545. The summed E-state index contributed by atoms with van der Waals surface area (Å²) in [7, 11) is 1.51. The second-order valence-corrected chi connectivity index (χ2v) is 1.85. The zero-order valence-electron chi connectivity index (χ0n) is 6.63. The van der Waals surface area contributed by atoms with Gasteiger partial charge >= 0.3 is 6.03 Å². The van der Waals surface area contributed by atoms with Crippen LogP contribution in [0.3, 0.4) is 0 Å². The third kappa shape index (κ3) is 4.17. The van der Waals surface area contributed by atoms with Gasteiger partial charge in [0, 0.05) is 7.05 Å². The first kappa shape index (κ1) is 9.72. The molecule has 0 aromatic heterocycles. The number of nitrogens with one attached hydrogen (secondary N) is 1. The number of nitriles is 1. The predicted molar refractivity (Wildman–Crippen MR) is 38.4 cm³/mol. The summed E-state index contributed by atoms with van der Waals surface area (Å²) >= 11 is 0. The molecule has 62 valence electrons. The maximum Gasteiger partial charge on any atom is 0.341 e. The molecular formula is C6H11N3O2. The molecule has 0 aliphatic heterocycles. The van der Waals surface area contributed by atoms with Crippen molar-refractivity contribution >= 4 is 6.03 Å². The lowest BCUT2D eigenvalue weighted by atomic mass is 10.6. The van der Waals surface area contributed by atoms with Crippen LogP contribution < -0.4 is 5.48 Å². The monoisotopic (exact) mass is 157 g/mol. The van der Waals surface area contributed by atoms with Crippen molar-refractivity contribution in [1.82, 2.24) is 10.4 Å². The van der Waals surface area contributed by atoms with E-state index in [2.05, 4.69) is 10.3 Å². The van der Waals surface area contributed by atoms with Crippen LogP contribution in [0.25, 0.3) is 0 Å². The van der Waals surface area contributed by atoms with E-state index >= 15 is 0 Å². The van der Waals surface area contributed by atoms with Crippen LogP contribution in [0, 0.1) is 11.3 Å². The van der Waals surface area contributed by atoms with Gasteiger partial charge in [0.05, 0.1) is 12.7 Å². The molecule has 0 fully saturated rings. The summed E-state index contributed by atoms with van der Waals surface area (Å²) in [5.41, 5.74) is 2.15. The molecule has 0 radical (unpaired) electrons. The van der Waals surface area contributed by atoms with Gasteiger partial charge in [-0.05, 0) is 6.92 Å². The summed E-state index contributed by atoms with van der Waals surface area (Å²) in [4.78, 5) is 16.7. The smallest absolute Gasteiger partial charge is 0.313 e. The molecule has 0 atom stereocenters. The van der Waals surface area contributed by atoms with E-state index in [4.69, 9.17) is 5.26 Å². The van der Waals surface area contributed by atoms with Crippen molar-refractivity contribution in [2.45, 2.75) is 6.92 Å². The van der Waals surface area contributed by atoms with Crippen molar-refractivity contribution in [3.8, 4) is 6.07 Å². The maximum absolute atomic E-state index is 10.8. The number of hydrogen-bond acceptors (Lipinski definition) is 3. The number of urea groups is 1. The quantitative estimate of drug-likeness (QED) is 0.467. The van der Waals surface area contributed by atoms with E-state index in [9.17, 15) is 4.79 Å². The molecule has 5 nitrogen and oxygen atoms in total. The Morgan fingerprint density at radius 2 is 2.45 bits per heavy atom. The molecule has 0 aliphatic carbocycles. The number of rotatable bonds is 3. The second kappa shape index (κ2) is 5.50. The standard InChI is InChI=1S/C6H11N3O2/c1-3-11-8-6(10)9(2)5-4-7/h3,5H2,1-2H3,(H,8,10). The summed E-state index contributed by atoms with van der Waals surface area (Å²) in [5.74, 6) is 0. The number of carbonyl (C=O) groups is 1. The molecule has 0 aromatic rings. The zero-order valence-corrected chi connectivity index (χ0v) is 6.63. The summed E-state index contributed by atoms with van der Waals surface area (Å²) < 4.78 is 0. The Labute approximate surface area is 65.5 Å². The Bertz CT molecular complexity index is 164. The van der Waals surface area contributed by atoms with Crippen molar-refractivity contribution in [3.63, 3.8) is 0 Å². The minimum Gasteiger partial charge on any atom is -0.313 e. The molecule has 11 heavy (non-hydrogen) atoms. The van der Waals surface area contributed by atoms with E-state index in [1.54, 1.807) is 6.92 Å². The average Bonchev–Trinajstić information content (AvgIpc) is 2.00. The van der Waals surface area contributed by atoms with E-state index in [0.29, 0.717) is 6.61 Å². The number of hydrogen-bond donors (Lipinski definition) is 1. The van der Waals surface area contributed by atoms with Crippen LogP contribution in [0.2, 0.25) is 0 Å². The number of carbonyl (C=O) groups excluding carboxylic acids is 1. The fourth-order valence-corrected chi connectivity index (χ4v) is 0.390. The van der Waals surface area contributed by atoms with Crippen molar-refractivity contribution < 1.29 is 9.63 Å². The first-order valence-electron chi connectivity index (χ1n) is 3.22. The lowest BCUT2D eigenvalue weighted by Gasteiger charge is -2.12. The first-order chi connectivity index (χ1) is 5.22. The van der Waals surface area contributed by atoms with Gasteiger partial charge in [-0.25, -0.2) is 10.3 Å². The molecule has 0 saturated heterocycles. The Morgan fingerprint density at radius 3 is 2.91 bits per heavy atom. The highest BCUT2D eigenvalue weighted by Gasteiger charge is 2.05. The second-order valence-electron chi connectivity index (χ2n) is 1.85. The van der Waals surface area contributed by atoms with Crippen LogP contribution in [0.4, 0.5) is 4.79 Å². The molecule has 0 saturated carbocycles. The van der Waals surface area contributed by atoms with E-state index in [1.165, 1.54) is 11.9 Å². The van der Waals surface area contributed by atoms with E-state index in [0.717, 1.165) is 0 Å². The summed E-state index contributed by atoms with van der Waals surface area (Å²) in [6.45, 7) is 2.22. The number of amides is 2. The zero-order chi connectivity index (χ0) is 8.69. The van der Waals surface area contributed by atoms with Gasteiger partial charge in [0.2, 0.25) is 0 Å². The van der Waals surface area contributed by atoms with Crippen LogP contribution in [0.5, 0.6) is 0 Å². The van der Waals surface area contributed by atoms with E-state index in [1.807, 2.05) is 6.07 Å². The third-order valence-electron chi connectivity index (χ3n) is 0.958. The molecule has 0 bridgehead atoms. The maximum atomic E-state index is 10.8. The van der Waals surface area contributed by atoms with Crippen molar-refractivity contribution in [2.24, 2.45) is 0 Å². The van der Waals surface area contributed by atoms with Crippen molar-refractivity contribution in [3.05, 3.63) is 0 Å². The molecule has 5 heteroatoms. The normalized spacial score (nSPS) is 8.45. The summed E-state index contributed by atoms with van der Waals surface area (Å²) in [6.07, 6.45) is 0. The topological polar surface area (TPSA) is 65.4 Å². The lowest BCUT2D eigenvalue weighted by Crippen LogP contribution is -2.37. The lowest BCUT2D eigenvalue weighted by molar-refractivity contribution is 0.0599. The molecule has 2 amide bonds. The molecule has 0 heterocycles. The fourth-order valence-electron chi connectivity index (χ4n) is 0.390. The Hall–Kier alpha value is -1.28. The average molecular weight is 157 g/mol. The largest absolute Gasteiger partial charge is 0.341 e. The van der Waals surface area contributed by atoms with Crippen LogP contribution in [0.15, 0.2) is 0 Å². The Balaban J connectivity index is 3.57. The van der Waals surface area contributed by atoms with Crippen LogP contribution in [-0.2, 0) is 4.84 Å². The number of nitrogens with zero attached hydrogens (tertiary/aromatic N) is 2. The first-order valence-corrected chi connectivity index (χ1v) is 3.22. The SMILES string of the molecule is CCONC(=O)N(C)CC#N. The van der Waals surface area contributed by atoms with Gasteiger partial charge in [-0.2, -0.15) is 5.26 Å². The van der Waals surface area contributed by atoms with Crippen LogP contribution >= 0.6 is 0 Å². The molecule has 0 unspecified atom stereocenters. The fraction of sp³-hybridized carbons (Fsp3) is 0.667. The third-order valence-corrected chi connectivity index (χ3v) is 0.958. The summed E-state index contributed by atoms with van der Waals surface area (Å²) in [6, 6.07) is 1.43. The molecule has 0 aliphatic rings. The highest BCUT2D eigenvalue weighted by Crippen LogP contribution is 1.81. The highest BCUT2D eigenvalue weighted by atomic mass is 16.7. The Kier molecular flexibility index (Phi) is 4.86. The van der Waals surface area contributed by atoms with Crippen molar-refractivity contribution in [1.29, 1.82) is 5.26 Å². The Morgan fingerprint density at radius 1 is 1.82 bits per heavy atom. The van der Waals surface area contributed by atoms with Gasteiger partial charge in [0.1, 0.15) is 6.54 Å². The summed E-state index contributed by atoms with van der Waals surface area (Å²) in [5, 5.41) is 8.20. The molecule has 1 N–H and O–H groups in total. The van der Waals surface area contributed by atoms with Crippen molar-refractivity contribution in [2.75, 3.05) is 20.2 Å². The highest BCUT2D eigenvalue weighted by molar-refractivity contribution is 5.72. The van der Waals surface area contributed by atoms with Gasteiger partial charge in [-0.3, -0.25) is 4.84 Å².